The summed E-state index contributed by atoms with van der Waals surface area (Å²) in [6.45, 7) is 8.79. The van der Waals surface area contributed by atoms with E-state index in [2.05, 4.69) is 47.7 Å². The minimum Gasteiger partial charge on any atom is -0.465 e. The van der Waals surface area contributed by atoms with Crippen LogP contribution in [0.15, 0.2) is 72.9 Å². The van der Waals surface area contributed by atoms with E-state index in [0.717, 1.165) is 65.6 Å². The standard InChI is InChI=1S/C47H57N7O8/c1-6-21-47(22-7-2)34-25-30(36-27-48-41(49-36)37-15-11-23-52(37)42(55)39(28(3)4)50-44(57)58)17-19-32(34)33-20-18-31(26-35(33)47)54(46(60)61)38-16-12-24-53(38)43(56)40(51-45(59)62-5)29-13-9-8-10-14-29/h8-10,13-14,17-20,25-28,37-40,50H,6-7,11-12,15-16,21-24H2,1-5H3,(H,48,49)(H,51,59)(H,57,58)(H,60,61)/t37-,38-,39-,40+/m0/s1. The maximum absolute atomic E-state index is 14.3. The molecule has 2 fully saturated rings. The van der Waals surface area contributed by atoms with Gasteiger partial charge in [0.05, 0.1) is 25.0 Å². The molecule has 0 spiro atoms. The number of imidazole rings is 1. The molecule has 0 bridgehead atoms. The molecule has 1 aromatic heterocycles. The summed E-state index contributed by atoms with van der Waals surface area (Å²) in [6.07, 6.45) is 3.67. The lowest BCUT2D eigenvalue weighted by atomic mass is 9.71. The zero-order valence-corrected chi connectivity index (χ0v) is 36.0. The highest BCUT2D eigenvalue weighted by Crippen LogP contribution is 2.55. The highest BCUT2D eigenvalue weighted by Gasteiger charge is 2.45. The topological polar surface area (TPSA) is 197 Å². The number of H-pyrrole nitrogens is 1. The predicted octanol–water partition coefficient (Wildman–Crippen LogP) is 8.43. The van der Waals surface area contributed by atoms with Crippen molar-refractivity contribution in [2.75, 3.05) is 25.1 Å². The third-order valence-corrected chi connectivity index (χ3v) is 12.8. The summed E-state index contributed by atoms with van der Waals surface area (Å²) in [5.74, 6) is -0.266. The second-order valence-corrected chi connectivity index (χ2v) is 16.9. The number of nitrogens with zero attached hydrogens (tertiary/aromatic N) is 4. The third kappa shape index (κ3) is 8.19. The van der Waals surface area contributed by atoms with Crippen molar-refractivity contribution in [2.45, 2.75) is 109 Å². The predicted molar refractivity (Wildman–Crippen MR) is 233 cm³/mol. The van der Waals surface area contributed by atoms with Crippen LogP contribution in [0.5, 0.6) is 0 Å². The summed E-state index contributed by atoms with van der Waals surface area (Å²) in [5, 5.41) is 25.4. The summed E-state index contributed by atoms with van der Waals surface area (Å²) in [7, 11) is 1.23. The SMILES string of the molecule is CCCC1(CCC)c2cc(-c3cnc([C@@H]4CCCN4C(=O)[C@@H](NC(=O)O)C(C)C)[nH]3)ccc2-c2ccc(N(C(=O)O)[C@H]3CCCN3C(=O)[C@H](NC(=O)OC)c3ccccc3)cc21. The summed E-state index contributed by atoms with van der Waals surface area (Å²) < 4.78 is 4.85. The molecular formula is C47H57N7O8. The number of ether oxygens (including phenoxy) is 1. The largest absolute Gasteiger partial charge is 0.465 e. The number of hydrogen-bond acceptors (Lipinski definition) is 7. The van der Waals surface area contributed by atoms with Crippen molar-refractivity contribution < 1.29 is 38.9 Å². The highest BCUT2D eigenvalue weighted by molar-refractivity contribution is 5.93. The molecule has 62 heavy (non-hydrogen) atoms. The van der Waals surface area contributed by atoms with Gasteiger partial charge in [0.1, 0.15) is 24.1 Å². The summed E-state index contributed by atoms with van der Waals surface area (Å²) in [6, 6.07) is 18.8. The van der Waals surface area contributed by atoms with Gasteiger partial charge in [-0.3, -0.25) is 14.5 Å². The van der Waals surface area contributed by atoms with E-state index in [1.165, 1.54) is 12.0 Å². The van der Waals surface area contributed by atoms with Crippen LogP contribution in [0.3, 0.4) is 0 Å². The van der Waals surface area contributed by atoms with Gasteiger partial charge in [0.2, 0.25) is 5.91 Å². The van der Waals surface area contributed by atoms with E-state index in [1.807, 2.05) is 38.1 Å². The molecule has 4 aromatic rings. The van der Waals surface area contributed by atoms with Gasteiger partial charge in [-0.1, -0.05) is 89.1 Å². The van der Waals surface area contributed by atoms with Gasteiger partial charge in [0.25, 0.3) is 5.91 Å². The quantitative estimate of drug-likeness (QED) is 0.0827. The van der Waals surface area contributed by atoms with Crippen LogP contribution in [0.2, 0.25) is 0 Å². The summed E-state index contributed by atoms with van der Waals surface area (Å²) >= 11 is 0. The smallest absolute Gasteiger partial charge is 0.413 e. The van der Waals surface area contributed by atoms with Gasteiger partial charge >= 0.3 is 18.3 Å². The Morgan fingerprint density at radius 1 is 0.871 bits per heavy atom. The molecule has 3 aliphatic rings. The summed E-state index contributed by atoms with van der Waals surface area (Å²) in [4.78, 5) is 78.1. The molecule has 5 amide bonds. The molecule has 0 unspecified atom stereocenters. The van der Waals surface area contributed by atoms with Crippen LogP contribution in [0.25, 0.3) is 22.4 Å². The van der Waals surface area contributed by atoms with Crippen LogP contribution < -0.4 is 15.5 Å². The van der Waals surface area contributed by atoms with Crippen molar-refractivity contribution in [1.29, 1.82) is 0 Å². The van der Waals surface area contributed by atoms with Gasteiger partial charge < -0.3 is 40.4 Å². The zero-order chi connectivity index (χ0) is 44.3. The van der Waals surface area contributed by atoms with Gasteiger partial charge in [-0.05, 0) is 96.0 Å². The maximum atomic E-state index is 14.3. The van der Waals surface area contributed by atoms with Gasteiger partial charge in [-0.15, -0.1) is 0 Å². The van der Waals surface area contributed by atoms with E-state index in [1.54, 1.807) is 40.3 Å². The molecule has 2 aliphatic heterocycles. The van der Waals surface area contributed by atoms with Crippen molar-refractivity contribution in [1.82, 2.24) is 30.4 Å². The number of carbonyl (C=O) groups is 5. The number of methoxy groups -OCH3 is 1. The number of aromatic nitrogens is 2. The lowest BCUT2D eigenvalue weighted by Crippen LogP contribution is -2.53. The van der Waals surface area contributed by atoms with Crippen molar-refractivity contribution in [3.05, 3.63) is 95.4 Å². The molecule has 2 saturated heterocycles. The van der Waals surface area contributed by atoms with Crippen LogP contribution in [0.4, 0.5) is 20.1 Å². The van der Waals surface area contributed by atoms with Crippen molar-refractivity contribution in [2.24, 2.45) is 5.92 Å². The highest BCUT2D eigenvalue weighted by atomic mass is 16.5. The van der Waals surface area contributed by atoms with Crippen molar-refractivity contribution in [3.8, 4) is 22.4 Å². The number of fused-ring (bicyclic) bond motifs is 3. The number of amides is 5. The third-order valence-electron chi connectivity index (χ3n) is 12.8. The maximum Gasteiger partial charge on any atom is 0.413 e. The number of nitrogens with one attached hydrogen (secondary N) is 3. The molecule has 5 N–H and O–H groups in total. The number of rotatable bonds is 14. The van der Waals surface area contributed by atoms with E-state index in [4.69, 9.17) is 9.72 Å². The molecule has 3 aromatic carbocycles. The fraction of sp³-hybridized carbons (Fsp3) is 0.447. The lowest BCUT2D eigenvalue weighted by Gasteiger charge is -2.36. The number of likely N-dealkylation sites (tertiary alicyclic amines) is 2. The first-order chi connectivity index (χ1) is 29.8. The first-order valence-electron chi connectivity index (χ1n) is 21.7. The molecule has 0 radical (unpaired) electrons. The number of carboxylic acid groups (broad SMARTS) is 2. The first-order valence-corrected chi connectivity index (χ1v) is 21.7. The van der Waals surface area contributed by atoms with Gasteiger partial charge in [0.15, 0.2) is 0 Å². The van der Waals surface area contributed by atoms with Crippen LogP contribution in [-0.4, -0.2) is 92.5 Å². The fourth-order valence-corrected chi connectivity index (χ4v) is 10.1. The second-order valence-electron chi connectivity index (χ2n) is 16.9. The van der Waals surface area contributed by atoms with E-state index < -0.39 is 47.9 Å². The molecular weight excluding hydrogens is 791 g/mol. The minimum absolute atomic E-state index is 0.228. The Morgan fingerprint density at radius 3 is 2.18 bits per heavy atom. The number of hydrogen-bond donors (Lipinski definition) is 5. The van der Waals surface area contributed by atoms with E-state index in [0.29, 0.717) is 49.4 Å². The monoisotopic (exact) mass is 847 g/mol. The Balaban J connectivity index is 1.21. The zero-order valence-electron chi connectivity index (χ0n) is 36.0. The average Bonchev–Trinajstić information content (AvgIpc) is 4.09. The number of carbonyl (C=O) groups excluding carboxylic acids is 3. The molecule has 4 atom stereocenters. The van der Waals surface area contributed by atoms with Crippen LogP contribution in [0, 0.1) is 5.92 Å². The van der Waals surface area contributed by atoms with E-state index in [-0.39, 0.29) is 17.9 Å². The summed E-state index contributed by atoms with van der Waals surface area (Å²) in [5.41, 5.74) is 6.62. The lowest BCUT2D eigenvalue weighted by molar-refractivity contribution is -0.135. The van der Waals surface area contributed by atoms with Crippen LogP contribution in [0.1, 0.15) is 114 Å². The minimum atomic E-state index is -1.24. The second kappa shape index (κ2) is 18.3. The average molecular weight is 848 g/mol. The van der Waals surface area contributed by atoms with Crippen molar-refractivity contribution in [3.63, 3.8) is 0 Å². The van der Waals surface area contributed by atoms with Gasteiger partial charge in [-0.2, -0.15) is 0 Å². The Labute approximate surface area is 361 Å². The fourth-order valence-electron chi connectivity index (χ4n) is 10.1. The molecule has 1 aliphatic carbocycles. The Morgan fingerprint density at radius 2 is 1.53 bits per heavy atom. The first kappa shape index (κ1) is 43.7. The van der Waals surface area contributed by atoms with E-state index >= 15 is 0 Å². The molecule has 7 rings (SSSR count). The normalized spacial score (nSPS) is 18.5. The number of benzene rings is 3. The molecule has 15 nitrogen and oxygen atoms in total. The molecule has 0 saturated carbocycles. The Kier molecular flexibility index (Phi) is 12.9. The molecule has 15 heteroatoms. The number of anilines is 1. The van der Waals surface area contributed by atoms with Gasteiger partial charge in [0, 0.05) is 24.2 Å². The molecule has 3 heterocycles. The Hall–Kier alpha value is -6.38. The van der Waals surface area contributed by atoms with Crippen molar-refractivity contribution >= 4 is 35.8 Å². The van der Waals surface area contributed by atoms with Crippen LogP contribution in [-0.2, 0) is 19.7 Å². The number of alkyl carbamates (subject to hydrolysis) is 1. The van der Waals surface area contributed by atoms with E-state index in [9.17, 15) is 34.2 Å². The molecule has 328 valence electrons. The van der Waals surface area contributed by atoms with Crippen LogP contribution >= 0.6 is 0 Å². The Bertz CT molecular complexity index is 2310. The van der Waals surface area contributed by atoms with Gasteiger partial charge in [-0.25, -0.2) is 19.4 Å². The number of aromatic amines is 1.